The number of methoxy groups -OCH3 is 1. The van der Waals surface area contributed by atoms with Crippen molar-refractivity contribution in [3.05, 3.63) is 29.8 Å². The first-order valence-corrected chi connectivity index (χ1v) is 10.3. The molecule has 0 radical (unpaired) electrons. The molecule has 0 saturated carbocycles. The van der Waals surface area contributed by atoms with Crippen LogP contribution in [0.2, 0.25) is 0 Å². The minimum atomic E-state index is -0.629. The van der Waals surface area contributed by atoms with Gasteiger partial charge in [0.2, 0.25) is 11.0 Å². The normalized spacial score (nSPS) is 11.9. The number of carbonyl (C=O) groups excluding carboxylic acids is 2. The standard InChI is InChI=1S/C18H24N4O3S2/c1-11(2)8-14(16(24)25-4)20-15(23)10-26-18-22-21-17(27-18)19-13-7-5-6-12(3)9-13/h5-7,9,11,14H,8,10H2,1-4H3,(H,19,21)(H,20,23)/t14-/m1/s1. The predicted molar refractivity (Wildman–Crippen MR) is 108 cm³/mol. The van der Waals surface area contributed by atoms with Crippen molar-refractivity contribution >= 4 is 45.8 Å². The maximum absolute atomic E-state index is 12.2. The van der Waals surface area contributed by atoms with E-state index in [0.29, 0.717) is 15.9 Å². The average Bonchev–Trinajstić information content (AvgIpc) is 3.05. The van der Waals surface area contributed by atoms with E-state index in [1.807, 2.05) is 45.0 Å². The number of benzene rings is 1. The quantitative estimate of drug-likeness (QED) is 0.485. The molecule has 9 heteroatoms. The fourth-order valence-electron chi connectivity index (χ4n) is 2.36. The van der Waals surface area contributed by atoms with Crippen molar-refractivity contribution in [2.24, 2.45) is 5.92 Å². The number of rotatable bonds is 9. The molecule has 0 saturated heterocycles. The molecule has 2 N–H and O–H groups in total. The van der Waals surface area contributed by atoms with E-state index in [9.17, 15) is 9.59 Å². The van der Waals surface area contributed by atoms with Gasteiger partial charge in [0.05, 0.1) is 12.9 Å². The van der Waals surface area contributed by atoms with Gasteiger partial charge < -0.3 is 15.4 Å². The highest BCUT2D eigenvalue weighted by Gasteiger charge is 2.22. The Balaban J connectivity index is 1.86. The maximum Gasteiger partial charge on any atom is 0.328 e. The van der Waals surface area contributed by atoms with Crippen LogP contribution in [-0.4, -0.2) is 41.0 Å². The highest BCUT2D eigenvalue weighted by atomic mass is 32.2. The Kier molecular flexibility index (Phi) is 8.05. The van der Waals surface area contributed by atoms with Crippen LogP contribution in [-0.2, 0) is 14.3 Å². The van der Waals surface area contributed by atoms with Gasteiger partial charge in [0, 0.05) is 5.69 Å². The molecule has 1 amide bonds. The van der Waals surface area contributed by atoms with Crippen LogP contribution in [0.3, 0.4) is 0 Å². The first-order chi connectivity index (χ1) is 12.9. The zero-order valence-electron chi connectivity index (χ0n) is 15.8. The lowest BCUT2D eigenvalue weighted by molar-refractivity contribution is -0.145. The van der Waals surface area contributed by atoms with E-state index in [0.717, 1.165) is 11.3 Å². The molecule has 0 aliphatic heterocycles. The number of carbonyl (C=O) groups is 2. The van der Waals surface area contributed by atoms with Crippen molar-refractivity contribution in [2.75, 3.05) is 18.2 Å². The van der Waals surface area contributed by atoms with Crippen LogP contribution in [0.5, 0.6) is 0 Å². The Morgan fingerprint density at radius 2 is 2.07 bits per heavy atom. The lowest BCUT2D eigenvalue weighted by Gasteiger charge is -2.17. The molecule has 0 aliphatic rings. The van der Waals surface area contributed by atoms with Crippen LogP contribution in [0, 0.1) is 12.8 Å². The molecule has 2 rings (SSSR count). The summed E-state index contributed by atoms with van der Waals surface area (Å²) in [6.45, 7) is 5.99. The van der Waals surface area contributed by atoms with Gasteiger partial charge in [-0.05, 0) is 37.0 Å². The number of amides is 1. The highest BCUT2D eigenvalue weighted by molar-refractivity contribution is 8.01. The fourth-order valence-corrected chi connectivity index (χ4v) is 3.94. The molecule has 0 aliphatic carbocycles. The van der Waals surface area contributed by atoms with Crippen LogP contribution in [0.1, 0.15) is 25.8 Å². The Bertz CT molecular complexity index is 779. The van der Waals surface area contributed by atoms with Crippen molar-refractivity contribution in [3.63, 3.8) is 0 Å². The van der Waals surface area contributed by atoms with Gasteiger partial charge in [-0.3, -0.25) is 4.79 Å². The number of thioether (sulfide) groups is 1. The number of hydrogen-bond donors (Lipinski definition) is 2. The Morgan fingerprint density at radius 1 is 1.30 bits per heavy atom. The molecular weight excluding hydrogens is 384 g/mol. The molecule has 0 fully saturated rings. The van der Waals surface area contributed by atoms with Gasteiger partial charge in [0.1, 0.15) is 6.04 Å². The number of anilines is 2. The Morgan fingerprint density at radius 3 is 2.74 bits per heavy atom. The molecule has 27 heavy (non-hydrogen) atoms. The van der Waals surface area contributed by atoms with E-state index in [4.69, 9.17) is 4.74 Å². The van der Waals surface area contributed by atoms with Gasteiger partial charge in [-0.1, -0.05) is 49.1 Å². The summed E-state index contributed by atoms with van der Waals surface area (Å²) in [4.78, 5) is 24.0. The zero-order chi connectivity index (χ0) is 19.8. The first kappa shape index (κ1) is 21.2. The molecule has 0 unspecified atom stereocenters. The Labute approximate surface area is 167 Å². The summed E-state index contributed by atoms with van der Waals surface area (Å²) in [5.41, 5.74) is 2.09. The van der Waals surface area contributed by atoms with Gasteiger partial charge in [0.15, 0.2) is 4.34 Å². The zero-order valence-corrected chi connectivity index (χ0v) is 17.4. The smallest absolute Gasteiger partial charge is 0.328 e. The van der Waals surface area contributed by atoms with Crippen LogP contribution < -0.4 is 10.6 Å². The molecule has 1 aromatic carbocycles. The van der Waals surface area contributed by atoms with Crippen molar-refractivity contribution in [1.82, 2.24) is 15.5 Å². The van der Waals surface area contributed by atoms with E-state index >= 15 is 0 Å². The molecule has 0 bridgehead atoms. The topological polar surface area (TPSA) is 93.2 Å². The predicted octanol–water partition coefficient (Wildman–Crippen LogP) is 3.39. The second-order valence-electron chi connectivity index (χ2n) is 6.43. The second-order valence-corrected chi connectivity index (χ2v) is 8.63. The SMILES string of the molecule is COC(=O)[C@@H](CC(C)C)NC(=O)CSc1nnc(Nc2cccc(C)c2)s1. The van der Waals surface area contributed by atoms with Crippen LogP contribution in [0.15, 0.2) is 28.6 Å². The monoisotopic (exact) mass is 408 g/mol. The highest BCUT2D eigenvalue weighted by Crippen LogP contribution is 2.27. The van der Waals surface area contributed by atoms with Crippen LogP contribution >= 0.6 is 23.1 Å². The largest absolute Gasteiger partial charge is 0.467 e. The number of esters is 1. The molecule has 7 nitrogen and oxygen atoms in total. The minimum Gasteiger partial charge on any atom is -0.467 e. The van der Waals surface area contributed by atoms with Crippen molar-refractivity contribution in [2.45, 2.75) is 37.6 Å². The summed E-state index contributed by atoms with van der Waals surface area (Å²) in [6.07, 6.45) is 0.534. The van der Waals surface area contributed by atoms with Gasteiger partial charge in [-0.15, -0.1) is 10.2 Å². The number of aryl methyl sites for hydroxylation is 1. The van der Waals surface area contributed by atoms with Crippen molar-refractivity contribution in [3.8, 4) is 0 Å². The number of nitrogens with one attached hydrogen (secondary N) is 2. The molecule has 1 atom stereocenters. The lowest BCUT2D eigenvalue weighted by atomic mass is 10.0. The average molecular weight is 409 g/mol. The molecule has 0 spiro atoms. The van der Waals surface area contributed by atoms with Crippen LogP contribution in [0.25, 0.3) is 0 Å². The van der Waals surface area contributed by atoms with E-state index < -0.39 is 12.0 Å². The van der Waals surface area contributed by atoms with Crippen molar-refractivity contribution < 1.29 is 14.3 Å². The fraction of sp³-hybridized carbons (Fsp3) is 0.444. The number of aromatic nitrogens is 2. The number of nitrogens with zero attached hydrogens (tertiary/aromatic N) is 2. The van der Waals surface area contributed by atoms with E-state index in [1.165, 1.54) is 30.2 Å². The summed E-state index contributed by atoms with van der Waals surface area (Å²) in [5, 5.41) is 14.8. The summed E-state index contributed by atoms with van der Waals surface area (Å²) < 4.78 is 5.44. The van der Waals surface area contributed by atoms with E-state index in [2.05, 4.69) is 20.8 Å². The van der Waals surface area contributed by atoms with Gasteiger partial charge >= 0.3 is 5.97 Å². The molecule has 1 heterocycles. The summed E-state index contributed by atoms with van der Waals surface area (Å²) in [7, 11) is 1.32. The Hall–Kier alpha value is -2.13. The minimum absolute atomic E-state index is 0.157. The summed E-state index contributed by atoms with van der Waals surface area (Å²) in [5.74, 6) is -0.243. The summed E-state index contributed by atoms with van der Waals surface area (Å²) >= 11 is 2.66. The van der Waals surface area contributed by atoms with Crippen LogP contribution in [0.4, 0.5) is 10.8 Å². The summed E-state index contributed by atoms with van der Waals surface area (Å²) in [6, 6.07) is 7.33. The third-order valence-electron chi connectivity index (χ3n) is 3.53. The third-order valence-corrected chi connectivity index (χ3v) is 5.50. The van der Waals surface area contributed by atoms with Crippen molar-refractivity contribution in [1.29, 1.82) is 0 Å². The maximum atomic E-state index is 12.2. The van der Waals surface area contributed by atoms with Gasteiger partial charge in [-0.2, -0.15) is 0 Å². The third kappa shape index (κ3) is 7.18. The van der Waals surface area contributed by atoms with E-state index in [1.54, 1.807) is 0 Å². The molecule has 146 valence electrons. The molecular formula is C18H24N4O3S2. The second kappa shape index (κ2) is 10.3. The molecule has 1 aromatic heterocycles. The molecule has 2 aromatic rings. The van der Waals surface area contributed by atoms with Gasteiger partial charge in [0.25, 0.3) is 0 Å². The number of hydrogen-bond acceptors (Lipinski definition) is 8. The number of ether oxygens (including phenoxy) is 1. The lowest BCUT2D eigenvalue weighted by Crippen LogP contribution is -2.43. The first-order valence-electron chi connectivity index (χ1n) is 8.54. The van der Waals surface area contributed by atoms with Gasteiger partial charge in [-0.25, -0.2) is 4.79 Å². The van der Waals surface area contributed by atoms with E-state index in [-0.39, 0.29) is 17.6 Å².